The van der Waals surface area contributed by atoms with E-state index in [4.69, 9.17) is 4.74 Å². The monoisotopic (exact) mass is 483 g/mol. The van der Waals surface area contributed by atoms with Gasteiger partial charge in [-0.15, -0.1) is 0 Å². The van der Waals surface area contributed by atoms with Crippen molar-refractivity contribution in [3.05, 3.63) is 47.0 Å². The molecule has 186 valence electrons. The minimum absolute atomic E-state index is 0.0333. The number of nitrogens with zero attached hydrogens (tertiary/aromatic N) is 4. The summed E-state index contributed by atoms with van der Waals surface area (Å²) in [6, 6.07) is 5.81. The fourth-order valence-corrected chi connectivity index (χ4v) is 4.82. The van der Waals surface area contributed by atoms with Gasteiger partial charge >= 0.3 is 0 Å². The summed E-state index contributed by atoms with van der Waals surface area (Å²) in [7, 11) is 1.81. The molecule has 2 aliphatic heterocycles. The molecule has 2 aromatic rings. The Labute approximate surface area is 203 Å². The lowest BCUT2D eigenvalue weighted by Gasteiger charge is -2.32. The van der Waals surface area contributed by atoms with E-state index in [1.165, 1.54) is 24.3 Å². The first-order valence-electron chi connectivity index (χ1n) is 12.2. The van der Waals surface area contributed by atoms with E-state index in [9.17, 15) is 18.8 Å². The molecule has 0 radical (unpaired) electrons. The summed E-state index contributed by atoms with van der Waals surface area (Å²) in [4.78, 5) is 42.2. The van der Waals surface area contributed by atoms with Crippen LogP contribution in [-0.2, 0) is 29.6 Å². The Bertz CT molecular complexity index is 1130. The van der Waals surface area contributed by atoms with Gasteiger partial charge in [0.2, 0.25) is 5.91 Å². The van der Waals surface area contributed by atoms with Crippen LogP contribution in [0.5, 0.6) is 5.75 Å². The summed E-state index contributed by atoms with van der Waals surface area (Å²) >= 11 is 0. The number of ether oxygens (including phenoxy) is 1. The summed E-state index contributed by atoms with van der Waals surface area (Å²) in [5.74, 6) is -0.523. The van der Waals surface area contributed by atoms with Gasteiger partial charge in [-0.05, 0) is 49.9 Å². The topological polar surface area (TPSA) is 96.8 Å². The van der Waals surface area contributed by atoms with Crippen molar-refractivity contribution in [2.24, 2.45) is 13.0 Å². The average molecular weight is 484 g/mol. The van der Waals surface area contributed by atoms with Crippen LogP contribution in [0.3, 0.4) is 0 Å². The molecule has 2 fully saturated rings. The van der Waals surface area contributed by atoms with Crippen molar-refractivity contribution in [2.45, 2.75) is 44.7 Å². The Hall–Kier alpha value is -3.43. The van der Waals surface area contributed by atoms with E-state index in [2.05, 4.69) is 10.4 Å². The van der Waals surface area contributed by atoms with Crippen LogP contribution >= 0.6 is 0 Å². The largest absolute Gasteiger partial charge is 0.484 e. The fourth-order valence-electron chi connectivity index (χ4n) is 4.82. The van der Waals surface area contributed by atoms with Gasteiger partial charge in [-0.2, -0.15) is 5.10 Å². The molecule has 1 saturated carbocycles. The van der Waals surface area contributed by atoms with Gasteiger partial charge in [-0.1, -0.05) is 0 Å². The minimum Gasteiger partial charge on any atom is -0.484 e. The molecule has 1 atom stereocenters. The Balaban J connectivity index is 1.24. The number of benzene rings is 1. The zero-order valence-electron chi connectivity index (χ0n) is 19.8. The highest BCUT2D eigenvalue weighted by Gasteiger charge is 2.35. The molecule has 3 heterocycles. The Morgan fingerprint density at radius 1 is 1.11 bits per heavy atom. The van der Waals surface area contributed by atoms with E-state index in [1.807, 2.05) is 7.05 Å². The number of carbonyl (C=O) groups excluding carboxylic acids is 3. The number of carbonyl (C=O) groups is 3. The Morgan fingerprint density at radius 3 is 2.63 bits per heavy atom. The summed E-state index contributed by atoms with van der Waals surface area (Å²) in [5, 5.41) is 7.56. The number of likely N-dealkylation sites (tertiary alicyclic amines) is 1. The quantitative estimate of drug-likeness (QED) is 0.674. The van der Waals surface area contributed by atoms with Gasteiger partial charge in [0.25, 0.3) is 11.8 Å². The Morgan fingerprint density at radius 2 is 1.89 bits per heavy atom. The molecule has 9 nitrogen and oxygen atoms in total. The first kappa shape index (κ1) is 23.3. The lowest BCUT2D eigenvalue weighted by atomic mass is 9.96. The van der Waals surface area contributed by atoms with Gasteiger partial charge in [-0.3, -0.25) is 19.1 Å². The van der Waals surface area contributed by atoms with Crippen LogP contribution < -0.4 is 10.1 Å². The van der Waals surface area contributed by atoms with E-state index in [1.54, 1.807) is 14.5 Å². The number of nitrogens with one attached hydrogen (secondary N) is 1. The first-order chi connectivity index (χ1) is 16.9. The van der Waals surface area contributed by atoms with Crippen molar-refractivity contribution in [1.82, 2.24) is 24.9 Å². The maximum atomic E-state index is 13.5. The fraction of sp³-hybridized carbons (Fsp3) is 0.520. The van der Waals surface area contributed by atoms with E-state index < -0.39 is 0 Å². The second-order valence-corrected chi connectivity index (χ2v) is 9.58. The third-order valence-corrected chi connectivity index (χ3v) is 6.98. The lowest BCUT2D eigenvalue weighted by molar-refractivity contribution is -0.134. The molecule has 0 spiro atoms. The molecule has 3 aliphatic rings. The number of rotatable bonds is 6. The smallest absolute Gasteiger partial charge is 0.274 e. The van der Waals surface area contributed by atoms with Crippen LogP contribution in [-0.4, -0.2) is 69.6 Å². The van der Waals surface area contributed by atoms with Crippen LogP contribution in [0.4, 0.5) is 4.39 Å². The van der Waals surface area contributed by atoms with Crippen LogP contribution in [0.25, 0.3) is 0 Å². The van der Waals surface area contributed by atoms with Crippen molar-refractivity contribution in [1.29, 1.82) is 0 Å². The predicted octanol–water partition coefficient (Wildman–Crippen LogP) is 1.65. The highest BCUT2D eigenvalue weighted by Crippen LogP contribution is 2.27. The Kier molecular flexibility index (Phi) is 6.44. The minimum atomic E-state index is -0.371. The predicted molar refractivity (Wildman–Crippen MR) is 124 cm³/mol. The summed E-state index contributed by atoms with van der Waals surface area (Å²) < 4.78 is 20.3. The number of hydrogen-bond acceptors (Lipinski definition) is 5. The number of piperidine rings is 1. The number of aryl methyl sites for hydroxylation is 1. The van der Waals surface area contributed by atoms with E-state index in [0.29, 0.717) is 43.5 Å². The van der Waals surface area contributed by atoms with Crippen LogP contribution in [0.1, 0.15) is 47.4 Å². The molecule has 1 aromatic heterocycles. The van der Waals surface area contributed by atoms with E-state index in [-0.39, 0.29) is 42.6 Å². The lowest BCUT2D eigenvalue weighted by Crippen LogP contribution is -2.46. The zero-order valence-corrected chi connectivity index (χ0v) is 19.8. The van der Waals surface area contributed by atoms with E-state index >= 15 is 0 Å². The zero-order chi connectivity index (χ0) is 24.5. The second kappa shape index (κ2) is 9.67. The highest BCUT2D eigenvalue weighted by atomic mass is 19.1. The molecular formula is C25H30FN5O4. The van der Waals surface area contributed by atoms with Gasteiger partial charge in [0.15, 0.2) is 12.3 Å². The standard InChI is InChI=1S/C25H30FN5O4/c1-29-21-10-12-30(22(32)15-35-19-8-4-17(26)5-9-19)14-20(21)23(28-29)25(34)31-11-2-3-16(13-31)24(33)27-18-6-7-18/h4-5,8-9,16,18H,2-3,6-7,10-15H2,1H3,(H,27,33)/t16-/m0/s1. The molecule has 5 rings (SSSR count). The van der Waals surface area contributed by atoms with E-state index in [0.717, 1.165) is 36.9 Å². The maximum Gasteiger partial charge on any atom is 0.274 e. The summed E-state index contributed by atoms with van der Waals surface area (Å²) in [5.41, 5.74) is 2.04. The number of aromatic nitrogens is 2. The van der Waals surface area contributed by atoms with Crippen molar-refractivity contribution in [3.8, 4) is 5.75 Å². The SMILES string of the molecule is Cn1nc(C(=O)N2CCC[C@H](C(=O)NC3CC3)C2)c2c1CCN(C(=O)COc1ccc(F)cc1)C2. The number of fused-ring (bicyclic) bond motifs is 1. The average Bonchev–Trinajstić information content (AvgIpc) is 3.63. The maximum absolute atomic E-state index is 13.5. The number of hydrogen-bond donors (Lipinski definition) is 1. The molecule has 1 saturated heterocycles. The van der Waals surface area contributed by atoms with Crippen LogP contribution in [0.2, 0.25) is 0 Å². The first-order valence-corrected chi connectivity index (χ1v) is 12.2. The number of amides is 3. The molecule has 1 N–H and O–H groups in total. The van der Waals surface area contributed by atoms with Gasteiger partial charge in [-0.25, -0.2) is 4.39 Å². The molecule has 10 heteroatoms. The third kappa shape index (κ3) is 5.16. The van der Waals surface area contributed by atoms with Gasteiger partial charge in [0.1, 0.15) is 11.6 Å². The van der Waals surface area contributed by atoms with Gasteiger partial charge < -0.3 is 19.9 Å². The van der Waals surface area contributed by atoms with Crippen molar-refractivity contribution in [3.63, 3.8) is 0 Å². The molecule has 0 unspecified atom stereocenters. The van der Waals surface area contributed by atoms with Gasteiger partial charge in [0, 0.05) is 56.9 Å². The van der Waals surface area contributed by atoms with Crippen molar-refractivity contribution >= 4 is 17.7 Å². The third-order valence-electron chi connectivity index (χ3n) is 6.98. The number of halogens is 1. The molecule has 35 heavy (non-hydrogen) atoms. The molecule has 1 aromatic carbocycles. The highest BCUT2D eigenvalue weighted by molar-refractivity contribution is 5.95. The molecular weight excluding hydrogens is 453 g/mol. The summed E-state index contributed by atoms with van der Waals surface area (Å²) in [6.07, 6.45) is 4.20. The van der Waals surface area contributed by atoms with Crippen LogP contribution in [0.15, 0.2) is 24.3 Å². The molecule has 3 amide bonds. The molecule has 0 bridgehead atoms. The van der Waals surface area contributed by atoms with Crippen molar-refractivity contribution < 1.29 is 23.5 Å². The van der Waals surface area contributed by atoms with Crippen LogP contribution in [0, 0.1) is 11.7 Å². The molecule has 1 aliphatic carbocycles. The normalized spacial score (nSPS) is 19.8. The van der Waals surface area contributed by atoms with Crippen molar-refractivity contribution in [2.75, 3.05) is 26.2 Å². The van der Waals surface area contributed by atoms with Gasteiger partial charge in [0.05, 0.1) is 5.92 Å². The summed E-state index contributed by atoms with van der Waals surface area (Å²) in [6.45, 7) is 1.57. The second-order valence-electron chi connectivity index (χ2n) is 9.58.